The zero-order valence-corrected chi connectivity index (χ0v) is 13.6. The second kappa shape index (κ2) is 6.13. The Morgan fingerprint density at radius 1 is 1.16 bits per heavy atom. The van der Waals surface area contributed by atoms with E-state index in [-0.39, 0.29) is 0 Å². The minimum Gasteiger partial charge on any atom is -0.339 e. The highest BCUT2D eigenvalue weighted by Crippen LogP contribution is 2.31. The molecule has 1 aromatic carbocycles. The molecule has 0 amide bonds. The van der Waals surface area contributed by atoms with Crippen LogP contribution in [-0.2, 0) is 0 Å². The lowest BCUT2D eigenvalue weighted by Gasteiger charge is -2.12. The number of halogens is 3. The van der Waals surface area contributed by atoms with E-state index in [9.17, 15) is 0 Å². The van der Waals surface area contributed by atoms with E-state index in [4.69, 9.17) is 29.0 Å². The van der Waals surface area contributed by atoms with Gasteiger partial charge < -0.3 is 10.7 Å². The Hall–Kier alpha value is -0.760. The first kappa shape index (κ1) is 14.6. The molecule has 0 fully saturated rings. The fourth-order valence-electron chi connectivity index (χ4n) is 1.51. The number of benzene rings is 1. The van der Waals surface area contributed by atoms with Crippen molar-refractivity contribution in [3.63, 3.8) is 0 Å². The zero-order valence-electron chi connectivity index (χ0n) is 9.97. The number of nitrogens with two attached hydrogens (primary N) is 1. The molecule has 0 aliphatic heterocycles. The number of aryl methyl sites for hydroxylation is 1. The number of nitrogens with zero attached hydrogens (tertiary/aromatic N) is 1. The van der Waals surface area contributed by atoms with E-state index < -0.39 is 0 Å². The van der Waals surface area contributed by atoms with Crippen molar-refractivity contribution in [1.29, 1.82) is 0 Å². The highest BCUT2D eigenvalue weighted by atomic mass is 127. The van der Waals surface area contributed by atoms with Gasteiger partial charge in [-0.1, -0.05) is 29.3 Å². The molecule has 0 saturated carbocycles. The number of hydrogen-bond acceptors (Lipinski definition) is 4. The SMILES string of the molecule is Cc1ccc(I)cc1Nc1nc(NN)c(Cl)cc1Cl. The molecule has 19 heavy (non-hydrogen) atoms. The van der Waals surface area contributed by atoms with Crippen LogP contribution in [0.5, 0.6) is 0 Å². The fourth-order valence-corrected chi connectivity index (χ4v) is 2.46. The van der Waals surface area contributed by atoms with Gasteiger partial charge >= 0.3 is 0 Å². The molecule has 0 spiro atoms. The van der Waals surface area contributed by atoms with Crippen molar-refractivity contribution >= 4 is 63.1 Å². The molecule has 0 unspecified atom stereocenters. The van der Waals surface area contributed by atoms with Gasteiger partial charge in [0.05, 0.1) is 10.0 Å². The van der Waals surface area contributed by atoms with Gasteiger partial charge in [0, 0.05) is 9.26 Å². The summed E-state index contributed by atoms with van der Waals surface area (Å²) in [4.78, 5) is 4.24. The van der Waals surface area contributed by atoms with Gasteiger partial charge in [0.15, 0.2) is 11.6 Å². The largest absolute Gasteiger partial charge is 0.339 e. The fraction of sp³-hybridized carbons (Fsp3) is 0.0833. The first-order valence-corrected chi connectivity index (χ1v) is 7.20. The molecule has 7 heteroatoms. The van der Waals surface area contributed by atoms with Gasteiger partial charge in [-0.15, -0.1) is 0 Å². The van der Waals surface area contributed by atoms with Gasteiger partial charge in [0.2, 0.25) is 0 Å². The summed E-state index contributed by atoms with van der Waals surface area (Å²) in [6.07, 6.45) is 0. The van der Waals surface area contributed by atoms with Crippen molar-refractivity contribution in [3.05, 3.63) is 43.4 Å². The van der Waals surface area contributed by atoms with Gasteiger partial charge in [-0.25, -0.2) is 10.8 Å². The van der Waals surface area contributed by atoms with Crippen molar-refractivity contribution in [3.8, 4) is 0 Å². The Labute approximate surface area is 134 Å². The number of aromatic nitrogens is 1. The summed E-state index contributed by atoms with van der Waals surface area (Å²) in [7, 11) is 0. The first-order valence-electron chi connectivity index (χ1n) is 5.37. The Kier molecular flexibility index (Phi) is 4.72. The number of rotatable bonds is 3. The van der Waals surface area contributed by atoms with Gasteiger partial charge in [-0.3, -0.25) is 0 Å². The maximum Gasteiger partial charge on any atom is 0.161 e. The van der Waals surface area contributed by atoms with E-state index >= 15 is 0 Å². The minimum absolute atomic E-state index is 0.372. The van der Waals surface area contributed by atoms with Crippen molar-refractivity contribution in [2.24, 2.45) is 5.84 Å². The molecular formula is C12H11Cl2IN4. The van der Waals surface area contributed by atoms with Crippen molar-refractivity contribution in [1.82, 2.24) is 4.98 Å². The molecule has 0 aliphatic rings. The highest BCUT2D eigenvalue weighted by Gasteiger charge is 2.10. The minimum atomic E-state index is 0.372. The predicted molar refractivity (Wildman–Crippen MR) is 89.2 cm³/mol. The molecule has 0 bridgehead atoms. The van der Waals surface area contributed by atoms with Crippen LogP contribution in [0.1, 0.15) is 5.56 Å². The quantitative estimate of drug-likeness (QED) is 0.401. The Morgan fingerprint density at radius 2 is 1.84 bits per heavy atom. The molecule has 0 saturated heterocycles. The summed E-state index contributed by atoms with van der Waals surface area (Å²) in [5, 5.41) is 3.99. The standard InChI is InChI=1S/C12H11Cl2IN4/c1-6-2-3-7(15)4-10(6)17-11-8(13)5-9(14)12(18-11)19-16/h2-5H,16H2,1H3,(H2,17,18,19). The number of anilines is 3. The summed E-state index contributed by atoms with van der Waals surface area (Å²) in [6, 6.07) is 7.66. The molecule has 2 aromatic rings. The summed E-state index contributed by atoms with van der Waals surface area (Å²) in [5.74, 6) is 6.22. The monoisotopic (exact) mass is 408 g/mol. The molecule has 0 radical (unpaired) electrons. The maximum atomic E-state index is 6.12. The van der Waals surface area contributed by atoms with Crippen LogP contribution >= 0.6 is 45.8 Å². The Morgan fingerprint density at radius 3 is 2.53 bits per heavy atom. The van der Waals surface area contributed by atoms with E-state index in [1.807, 2.05) is 25.1 Å². The van der Waals surface area contributed by atoms with E-state index in [2.05, 4.69) is 38.3 Å². The smallest absolute Gasteiger partial charge is 0.161 e. The number of nitrogens with one attached hydrogen (secondary N) is 2. The van der Waals surface area contributed by atoms with E-state index in [0.29, 0.717) is 21.7 Å². The van der Waals surface area contributed by atoms with Crippen molar-refractivity contribution in [2.45, 2.75) is 6.92 Å². The van der Waals surface area contributed by atoms with Gasteiger partial charge in [0.1, 0.15) is 0 Å². The zero-order chi connectivity index (χ0) is 14.0. The number of hydrazine groups is 1. The van der Waals surface area contributed by atoms with Crippen LogP contribution in [0.15, 0.2) is 24.3 Å². The summed E-state index contributed by atoms with van der Waals surface area (Å²) >= 11 is 14.3. The van der Waals surface area contributed by atoms with E-state index in [1.54, 1.807) is 6.07 Å². The molecule has 100 valence electrons. The lowest BCUT2D eigenvalue weighted by Crippen LogP contribution is -2.10. The lowest BCUT2D eigenvalue weighted by atomic mass is 10.2. The second-order valence-electron chi connectivity index (χ2n) is 3.88. The van der Waals surface area contributed by atoms with Crippen molar-refractivity contribution < 1.29 is 0 Å². The molecule has 4 nitrogen and oxygen atoms in total. The third-order valence-electron chi connectivity index (χ3n) is 2.52. The van der Waals surface area contributed by atoms with Crippen LogP contribution in [0.25, 0.3) is 0 Å². The van der Waals surface area contributed by atoms with Crippen LogP contribution in [0.2, 0.25) is 10.0 Å². The summed E-state index contributed by atoms with van der Waals surface area (Å²) < 4.78 is 1.12. The number of nitrogen functional groups attached to an aromatic ring is 1. The molecule has 2 rings (SSSR count). The number of hydrogen-bond donors (Lipinski definition) is 3. The van der Waals surface area contributed by atoms with E-state index in [0.717, 1.165) is 14.8 Å². The molecule has 0 aliphatic carbocycles. The lowest BCUT2D eigenvalue weighted by molar-refractivity contribution is 1.22. The van der Waals surface area contributed by atoms with Crippen LogP contribution in [0.3, 0.4) is 0 Å². The van der Waals surface area contributed by atoms with Gasteiger partial charge in [-0.05, 0) is 53.3 Å². The second-order valence-corrected chi connectivity index (χ2v) is 5.94. The van der Waals surface area contributed by atoms with Crippen LogP contribution in [0.4, 0.5) is 17.3 Å². The highest BCUT2D eigenvalue weighted by molar-refractivity contribution is 14.1. The molecule has 4 N–H and O–H groups in total. The van der Waals surface area contributed by atoms with Gasteiger partial charge in [-0.2, -0.15) is 0 Å². The number of pyridine rings is 1. The topological polar surface area (TPSA) is 63.0 Å². The van der Waals surface area contributed by atoms with Crippen LogP contribution < -0.4 is 16.6 Å². The average Bonchev–Trinajstić information content (AvgIpc) is 2.37. The Balaban J connectivity index is 2.40. The van der Waals surface area contributed by atoms with Crippen molar-refractivity contribution in [2.75, 3.05) is 10.7 Å². The van der Waals surface area contributed by atoms with Gasteiger partial charge in [0.25, 0.3) is 0 Å². The maximum absolute atomic E-state index is 6.12. The summed E-state index contributed by atoms with van der Waals surface area (Å²) in [6.45, 7) is 2.00. The Bertz CT molecular complexity index is 619. The molecule has 1 heterocycles. The molecular weight excluding hydrogens is 398 g/mol. The summed E-state index contributed by atoms with van der Waals surface area (Å²) in [5.41, 5.74) is 4.46. The van der Waals surface area contributed by atoms with E-state index in [1.165, 1.54) is 0 Å². The third kappa shape index (κ3) is 3.42. The molecule has 1 aromatic heterocycles. The average molecular weight is 409 g/mol. The predicted octanol–water partition coefficient (Wildman–Crippen LogP) is 4.33. The molecule has 0 atom stereocenters. The normalized spacial score (nSPS) is 10.4. The van der Waals surface area contributed by atoms with Crippen LogP contribution in [-0.4, -0.2) is 4.98 Å². The van der Waals surface area contributed by atoms with Crippen LogP contribution in [0, 0.1) is 10.5 Å². The first-order chi connectivity index (χ1) is 9.01. The third-order valence-corrected chi connectivity index (χ3v) is 3.77.